The maximum atomic E-state index is 12.0. The van der Waals surface area contributed by atoms with E-state index >= 15 is 0 Å². The van der Waals surface area contributed by atoms with E-state index in [0.29, 0.717) is 32.1 Å². The Bertz CT molecular complexity index is 306. The minimum atomic E-state index is -3.25. The SMILES string of the molecule is CC1CCCN(S(=O)(=O)NCCCCCN)C1. The Morgan fingerprint density at radius 3 is 2.76 bits per heavy atom. The molecule has 0 radical (unpaired) electrons. The third-order valence-corrected chi connectivity index (χ3v) is 4.71. The highest BCUT2D eigenvalue weighted by molar-refractivity contribution is 7.87. The molecule has 17 heavy (non-hydrogen) atoms. The predicted molar refractivity (Wildman–Crippen MR) is 69.8 cm³/mol. The first-order chi connectivity index (χ1) is 8.06. The van der Waals surface area contributed by atoms with Crippen LogP contribution in [0.3, 0.4) is 0 Å². The summed E-state index contributed by atoms with van der Waals surface area (Å²) in [4.78, 5) is 0. The van der Waals surface area contributed by atoms with Crippen LogP contribution in [-0.4, -0.2) is 38.9 Å². The van der Waals surface area contributed by atoms with Crippen molar-refractivity contribution >= 4 is 10.2 Å². The van der Waals surface area contributed by atoms with Crippen LogP contribution in [0.15, 0.2) is 0 Å². The quantitative estimate of drug-likeness (QED) is 0.663. The second-order valence-electron chi connectivity index (χ2n) is 4.85. The molecule has 1 rings (SSSR count). The molecule has 0 bridgehead atoms. The first-order valence-electron chi connectivity index (χ1n) is 6.51. The molecule has 0 saturated carbocycles. The van der Waals surface area contributed by atoms with Crippen molar-refractivity contribution in [1.29, 1.82) is 0 Å². The van der Waals surface area contributed by atoms with Crippen LogP contribution in [0.2, 0.25) is 0 Å². The molecule has 1 saturated heterocycles. The summed E-state index contributed by atoms with van der Waals surface area (Å²) in [5.74, 6) is 0.470. The average molecular weight is 263 g/mol. The zero-order chi connectivity index (χ0) is 12.7. The molecule has 1 aliphatic heterocycles. The number of nitrogens with two attached hydrogens (primary N) is 1. The first kappa shape index (κ1) is 14.9. The molecule has 0 aromatic carbocycles. The molecule has 5 nitrogen and oxygen atoms in total. The second-order valence-corrected chi connectivity index (χ2v) is 6.61. The lowest BCUT2D eigenvalue weighted by molar-refractivity contribution is 0.278. The second kappa shape index (κ2) is 7.31. The van der Waals surface area contributed by atoms with Gasteiger partial charge in [0.2, 0.25) is 0 Å². The lowest BCUT2D eigenvalue weighted by atomic mass is 10.0. The molecule has 1 atom stereocenters. The summed E-state index contributed by atoms with van der Waals surface area (Å²) in [5.41, 5.74) is 5.38. The molecule has 6 heteroatoms. The molecule has 1 aliphatic rings. The maximum Gasteiger partial charge on any atom is 0.279 e. The van der Waals surface area contributed by atoms with Crippen LogP contribution in [0, 0.1) is 5.92 Å². The normalized spacial score (nSPS) is 22.8. The van der Waals surface area contributed by atoms with Gasteiger partial charge in [0.25, 0.3) is 10.2 Å². The van der Waals surface area contributed by atoms with E-state index in [0.717, 1.165) is 32.1 Å². The van der Waals surface area contributed by atoms with Crippen molar-refractivity contribution < 1.29 is 8.42 Å². The molecule has 0 aromatic rings. The molecule has 0 aromatic heterocycles. The zero-order valence-corrected chi connectivity index (χ0v) is 11.5. The van der Waals surface area contributed by atoms with Gasteiger partial charge in [0.15, 0.2) is 0 Å². The van der Waals surface area contributed by atoms with Crippen LogP contribution in [0.25, 0.3) is 0 Å². The highest BCUT2D eigenvalue weighted by Crippen LogP contribution is 2.17. The number of hydrogen-bond donors (Lipinski definition) is 2. The Kier molecular flexibility index (Phi) is 6.40. The molecule has 0 spiro atoms. The van der Waals surface area contributed by atoms with Crippen LogP contribution < -0.4 is 10.5 Å². The first-order valence-corrected chi connectivity index (χ1v) is 7.95. The molecular formula is C11H25N3O2S. The molecule has 0 aliphatic carbocycles. The number of nitrogens with one attached hydrogen (secondary N) is 1. The van der Waals surface area contributed by atoms with Gasteiger partial charge in [-0.15, -0.1) is 0 Å². The van der Waals surface area contributed by atoms with Gasteiger partial charge in [-0.05, 0) is 38.1 Å². The Hall–Kier alpha value is -0.170. The fourth-order valence-electron chi connectivity index (χ4n) is 2.10. The van der Waals surface area contributed by atoms with E-state index in [4.69, 9.17) is 5.73 Å². The van der Waals surface area contributed by atoms with Crippen LogP contribution in [0.4, 0.5) is 0 Å². The maximum absolute atomic E-state index is 12.0. The van der Waals surface area contributed by atoms with Crippen molar-refractivity contribution in [2.24, 2.45) is 11.7 Å². The highest BCUT2D eigenvalue weighted by atomic mass is 32.2. The minimum absolute atomic E-state index is 0.470. The van der Waals surface area contributed by atoms with E-state index < -0.39 is 10.2 Å². The van der Waals surface area contributed by atoms with Gasteiger partial charge in [-0.2, -0.15) is 12.7 Å². The molecule has 1 unspecified atom stereocenters. The lowest BCUT2D eigenvalue weighted by Gasteiger charge is -2.29. The van der Waals surface area contributed by atoms with Crippen LogP contribution in [-0.2, 0) is 10.2 Å². The van der Waals surface area contributed by atoms with Gasteiger partial charge < -0.3 is 5.73 Å². The fraction of sp³-hybridized carbons (Fsp3) is 1.00. The number of piperidine rings is 1. The minimum Gasteiger partial charge on any atom is -0.330 e. The molecule has 0 amide bonds. The largest absolute Gasteiger partial charge is 0.330 e. The highest BCUT2D eigenvalue weighted by Gasteiger charge is 2.26. The lowest BCUT2D eigenvalue weighted by Crippen LogP contribution is -2.45. The Labute approximate surface area is 105 Å². The van der Waals surface area contributed by atoms with Gasteiger partial charge in [-0.3, -0.25) is 0 Å². The van der Waals surface area contributed by atoms with E-state index in [-0.39, 0.29) is 0 Å². The summed E-state index contributed by atoms with van der Waals surface area (Å²) < 4.78 is 28.1. The number of nitrogens with zero attached hydrogens (tertiary/aromatic N) is 1. The smallest absolute Gasteiger partial charge is 0.279 e. The van der Waals surface area contributed by atoms with Gasteiger partial charge in [-0.1, -0.05) is 13.3 Å². The summed E-state index contributed by atoms with van der Waals surface area (Å²) >= 11 is 0. The van der Waals surface area contributed by atoms with Gasteiger partial charge in [-0.25, -0.2) is 4.72 Å². The van der Waals surface area contributed by atoms with E-state index in [2.05, 4.69) is 11.6 Å². The van der Waals surface area contributed by atoms with E-state index in [1.807, 2.05) is 0 Å². The van der Waals surface area contributed by atoms with E-state index in [9.17, 15) is 8.42 Å². The monoisotopic (exact) mass is 263 g/mol. The van der Waals surface area contributed by atoms with Crippen molar-refractivity contribution in [2.45, 2.75) is 39.0 Å². The van der Waals surface area contributed by atoms with Crippen molar-refractivity contribution in [3.8, 4) is 0 Å². The third kappa shape index (κ3) is 5.33. The third-order valence-electron chi connectivity index (χ3n) is 3.13. The average Bonchev–Trinajstić information content (AvgIpc) is 2.29. The Balaban J connectivity index is 2.29. The fourth-order valence-corrected chi connectivity index (χ4v) is 3.51. The van der Waals surface area contributed by atoms with Crippen molar-refractivity contribution in [2.75, 3.05) is 26.2 Å². The number of hydrogen-bond acceptors (Lipinski definition) is 3. The summed E-state index contributed by atoms with van der Waals surface area (Å²) in [6.07, 6.45) is 4.90. The standard InChI is InChI=1S/C11H25N3O2S/c1-11-6-5-9-14(10-11)17(15,16)13-8-4-2-3-7-12/h11,13H,2-10,12H2,1H3. The van der Waals surface area contributed by atoms with Crippen LogP contribution >= 0.6 is 0 Å². The van der Waals surface area contributed by atoms with E-state index in [1.165, 1.54) is 0 Å². The topological polar surface area (TPSA) is 75.4 Å². The zero-order valence-electron chi connectivity index (χ0n) is 10.7. The number of unbranched alkanes of at least 4 members (excludes halogenated alkanes) is 2. The molecule has 1 heterocycles. The van der Waals surface area contributed by atoms with E-state index in [1.54, 1.807) is 4.31 Å². The molecular weight excluding hydrogens is 238 g/mol. The van der Waals surface area contributed by atoms with Gasteiger partial charge in [0, 0.05) is 19.6 Å². The van der Waals surface area contributed by atoms with Crippen LogP contribution in [0.1, 0.15) is 39.0 Å². The molecule has 3 N–H and O–H groups in total. The van der Waals surface area contributed by atoms with Gasteiger partial charge in [0.1, 0.15) is 0 Å². The summed E-state index contributed by atoms with van der Waals surface area (Å²) in [6.45, 7) is 4.60. The number of rotatable bonds is 7. The summed E-state index contributed by atoms with van der Waals surface area (Å²) in [5, 5.41) is 0. The van der Waals surface area contributed by atoms with Gasteiger partial charge >= 0.3 is 0 Å². The van der Waals surface area contributed by atoms with Gasteiger partial charge in [0.05, 0.1) is 0 Å². The Morgan fingerprint density at radius 1 is 1.35 bits per heavy atom. The van der Waals surface area contributed by atoms with Crippen LogP contribution in [0.5, 0.6) is 0 Å². The summed E-state index contributed by atoms with van der Waals surface area (Å²) in [7, 11) is -3.25. The Morgan fingerprint density at radius 2 is 2.12 bits per heavy atom. The van der Waals surface area contributed by atoms with Crippen molar-refractivity contribution in [1.82, 2.24) is 9.03 Å². The molecule has 1 fully saturated rings. The van der Waals surface area contributed by atoms with Crippen molar-refractivity contribution in [3.63, 3.8) is 0 Å². The predicted octanol–water partition coefficient (Wildman–Crippen LogP) is 0.682. The summed E-state index contributed by atoms with van der Waals surface area (Å²) in [6, 6.07) is 0. The molecule has 102 valence electrons. The van der Waals surface area contributed by atoms with Crippen molar-refractivity contribution in [3.05, 3.63) is 0 Å².